The van der Waals surface area contributed by atoms with Crippen LogP contribution in [0, 0.1) is 0 Å². The monoisotopic (exact) mass is 740 g/mol. The number of hydrogen-bond donors (Lipinski definition) is 3. The first kappa shape index (κ1) is 49.9. The molecule has 0 aliphatic carbocycles. The summed E-state index contributed by atoms with van der Waals surface area (Å²) in [6.45, 7) is 6.68. The molecule has 0 aliphatic rings. The molecule has 43 heavy (non-hydrogen) atoms. The number of carbonyl (C=O) groups is 3. The fraction of sp³-hybridized carbons (Fsp3) is 0.917. The van der Waals surface area contributed by atoms with Crippen molar-refractivity contribution < 1.29 is 32.6 Å². The Morgan fingerprint density at radius 3 is 0.605 bits per heavy atom. The van der Waals surface area contributed by atoms with Crippen molar-refractivity contribution in [2.24, 2.45) is 0 Å². The summed E-state index contributed by atoms with van der Waals surface area (Å²) in [7, 11) is 0. The van der Waals surface area contributed by atoms with Crippen LogP contribution < -0.4 is 0 Å². The molecule has 0 atom stereocenters. The second-order valence-electron chi connectivity index (χ2n) is 11.9. The molecule has 6 nitrogen and oxygen atoms in total. The average Bonchev–Trinajstić information content (AvgIpc) is 2.95. The van der Waals surface area contributed by atoms with Crippen LogP contribution in [0.5, 0.6) is 0 Å². The van der Waals surface area contributed by atoms with Gasteiger partial charge in [0, 0.05) is 19.3 Å². The van der Waals surface area contributed by atoms with E-state index < -0.39 is 17.9 Å². The van der Waals surface area contributed by atoms with Gasteiger partial charge in [-0.1, -0.05) is 175 Å². The normalized spacial score (nSPS) is 10.1. The largest absolute Gasteiger partial charge is 2.00 e. The first-order valence-corrected chi connectivity index (χ1v) is 18.0. The maximum atomic E-state index is 10.2. The molecule has 0 radical (unpaired) electrons. The molecule has 7 heteroatoms. The molecular weight excluding hydrogens is 666 g/mol. The second-order valence-corrected chi connectivity index (χ2v) is 11.9. The zero-order chi connectivity index (χ0) is 31.9. The van der Waals surface area contributed by atoms with Gasteiger partial charge in [-0.2, -0.15) is 0 Å². The summed E-state index contributed by atoms with van der Waals surface area (Å²) in [5.41, 5.74) is 0. The van der Waals surface area contributed by atoms with Gasteiger partial charge in [-0.25, -0.2) is 0 Å². The van der Waals surface area contributed by atoms with Crippen molar-refractivity contribution in [2.45, 2.75) is 213 Å². The third-order valence-corrected chi connectivity index (χ3v) is 7.48. The molecule has 0 spiro atoms. The van der Waals surface area contributed by atoms with Gasteiger partial charge in [0.2, 0.25) is 0 Å². The Morgan fingerprint density at radius 2 is 0.465 bits per heavy atom. The predicted molar refractivity (Wildman–Crippen MR) is 186 cm³/mol. The van der Waals surface area contributed by atoms with Gasteiger partial charge in [0.1, 0.15) is 0 Å². The van der Waals surface area contributed by atoms with Gasteiger partial charge in [0.25, 0.3) is 0 Å². The topological polar surface area (TPSA) is 112 Å². The molecule has 0 aromatic carbocycles. The van der Waals surface area contributed by atoms with Gasteiger partial charge >= 0.3 is 66.8 Å². The Morgan fingerprint density at radius 1 is 0.326 bits per heavy atom. The number of unbranched alkanes of at least 4 members (excludes halogenated alkanes) is 24. The number of rotatable bonds is 30. The second kappa shape index (κ2) is 46.4. The molecule has 3 N–H and O–H groups in total. The first-order chi connectivity index (χ1) is 20.3. The summed E-state index contributed by atoms with van der Waals surface area (Å²) in [6, 6.07) is 0. The van der Waals surface area contributed by atoms with E-state index in [1.54, 1.807) is 0 Å². The summed E-state index contributed by atoms with van der Waals surface area (Å²) in [4.78, 5) is 30.6. The van der Waals surface area contributed by atoms with Crippen LogP contribution in [-0.4, -0.2) is 82.1 Å². The smallest absolute Gasteiger partial charge is 1.00 e. The maximum absolute atomic E-state index is 10.2. The molecule has 0 amide bonds. The summed E-state index contributed by atoms with van der Waals surface area (Å²) >= 11 is 0. The van der Waals surface area contributed by atoms with Crippen LogP contribution in [0.4, 0.5) is 0 Å². The first-order valence-electron chi connectivity index (χ1n) is 18.0. The molecule has 0 saturated heterocycles. The third-order valence-electron chi connectivity index (χ3n) is 7.48. The number of carboxylic acids is 3. The molecule has 0 fully saturated rings. The van der Waals surface area contributed by atoms with E-state index in [1.165, 1.54) is 135 Å². The average molecular weight is 740 g/mol. The minimum Gasteiger partial charge on any atom is -1.00 e. The van der Waals surface area contributed by atoms with Gasteiger partial charge < -0.3 is 18.2 Å². The van der Waals surface area contributed by atoms with E-state index >= 15 is 0 Å². The molecular formula is C36H74BaO6. The van der Waals surface area contributed by atoms with Crippen LogP contribution in [0.25, 0.3) is 0 Å². The summed E-state index contributed by atoms with van der Waals surface area (Å²) in [5.74, 6) is -1.98. The Balaban J connectivity index is -0.000000123. The summed E-state index contributed by atoms with van der Waals surface area (Å²) < 4.78 is 0. The van der Waals surface area contributed by atoms with Gasteiger partial charge in [-0.3, -0.25) is 14.4 Å². The van der Waals surface area contributed by atoms with Gasteiger partial charge in [-0.05, 0) is 19.3 Å². The SMILES string of the molecule is CCCCCCCCCCCC(=O)O.CCCCCCCCCCCC(=O)O.CCCCCCCCCCCC(=O)O.[Ba+2].[H-].[H-]. The van der Waals surface area contributed by atoms with E-state index in [9.17, 15) is 14.4 Å². The van der Waals surface area contributed by atoms with Gasteiger partial charge in [0.15, 0.2) is 0 Å². The van der Waals surface area contributed by atoms with Gasteiger partial charge in [0.05, 0.1) is 0 Å². The van der Waals surface area contributed by atoms with E-state index in [1.807, 2.05) is 0 Å². The quantitative estimate of drug-likeness (QED) is 0.0499. The molecule has 0 rings (SSSR count). The Bertz CT molecular complexity index is 492. The standard InChI is InChI=1S/3C12H24O2.Ba.2H/c3*1-2-3-4-5-6-7-8-9-10-11-12(13)14;;;/h3*2-11H2,1H3,(H,13,14);;;/q;;;+2;2*-1. The van der Waals surface area contributed by atoms with Crippen LogP contribution in [0.2, 0.25) is 0 Å². The van der Waals surface area contributed by atoms with Gasteiger partial charge in [-0.15, -0.1) is 0 Å². The summed E-state index contributed by atoms with van der Waals surface area (Å²) in [5, 5.41) is 25.2. The van der Waals surface area contributed by atoms with Crippen LogP contribution in [-0.2, 0) is 14.4 Å². The van der Waals surface area contributed by atoms with E-state index in [0.717, 1.165) is 38.5 Å². The molecule has 0 bridgehead atoms. The van der Waals surface area contributed by atoms with Crippen LogP contribution in [0.15, 0.2) is 0 Å². The van der Waals surface area contributed by atoms with Crippen molar-refractivity contribution in [1.82, 2.24) is 0 Å². The van der Waals surface area contributed by atoms with E-state index in [4.69, 9.17) is 15.3 Å². The van der Waals surface area contributed by atoms with Crippen LogP contribution >= 0.6 is 0 Å². The van der Waals surface area contributed by atoms with E-state index in [0.29, 0.717) is 19.3 Å². The van der Waals surface area contributed by atoms with Crippen molar-refractivity contribution in [2.75, 3.05) is 0 Å². The molecule has 0 unspecified atom stereocenters. The minimum absolute atomic E-state index is 0. The molecule has 0 saturated carbocycles. The molecule has 256 valence electrons. The minimum atomic E-state index is -0.659. The molecule has 0 aliphatic heterocycles. The predicted octanol–water partition coefficient (Wildman–Crippen LogP) is 11.8. The van der Waals surface area contributed by atoms with Crippen molar-refractivity contribution in [1.29, 1.82) is 0 Å². The maximum Gasteiger partial charge on any atom is 2.00 e. The van der Waals surface area contributed by atoms with Crippen molar-refractivity contribution in [3.8, 4) is 0 Å². The Hall–Kier alpha value is -0.0186. The number of hydrogen-bond acceptors (Lipinski definition) is 3. The molecule has 0 aromatic rings. The molecule has 0 aromatic heterocycles. The van der Waals surface area contributed by atoms with Crippen molar-refractivity contribution >= 4 is 66.8 Å². The molecule has 0 heterocycles. The van der Waals surface area contributed by atoms with Crippen LogP contribution in [0.1, 0.15) is 216 Å². The van der Waals surface area contributed by atoms with Crippen LogP contribution in [0.3, 0.4) is 0 Å². The van der Waals surface area contributed by atoms with Crippen molar-refractivity contribution in [3.63, 3.8) is 0 Å². The summed E-state index contributed by atoms with van der Waals surface area (Å²) in [6.07, 6.45) is 34.4. The Labute approximate surface area is 310 Å². The number of aliphatic carboxylic acids is 3. The third kappa shape index (κ3) is 61.7. The fourth-order valence-corrected chi connectivity index (χ4v) is 4.76. The van der Waals surface area contributed by atoms with E-state index in [-0.39, 0.29) is 51.7 Å². The Kier molecular flexibility index (Phi) is 53.8. The zero-order valence-corrected chi connectivity index (χ0v) is 33.4. The fourth-order valence-electron chi connectivity index (χ4n) is 4.76. The zero-order valence-electron chi connectivity index (χ0n) is 31.0. The number of carboxylic acid groups (broad SMARTS) is 3. The van der Waals surface area contributed by atoms with Crippen molar-refractivity contribution in [3.05, 3.63) is 0 Å². The van der Waals surface area contributed by atoms with E-state index in [2.05, 4.69) is 20.8 Å².